The van der Waals surface area contributed by atoms with Crippen molar-refractivity contribution in [2.45, 2.75) is 13.3 Å². The van der Waals surface area contributed by atoms with Gasteiger partial charge in [0.15, 0.2) is 0 Å². The highest BCUT2D eigenvalue weighted by molar-refractivity contribution is 5.92. The van der Waals surface area contributed by atoms with Crippen LogP contribution in [0.15, 0.2) is 36.5 Å². The second-order valence-corrected chi connectivity index (χ2v) is 4.62. The molecule has 0 unspecified atom stereocenters. The van der Waals surface area contributed by atoms with Gasteiger partial charge in [0.2, 0.25) is 0 Å². The zero-order valence-electron chi connectivity index (χ0n) is 10.2. The fraction of sp³-hybridized carbons (Fsp3) is 0.333. The SMILES string of the molecule is CCN1CC=C(c2cccc3[nH]ccc23)CC1. The topological polar surface area (TPSA) is 19.0 Å². The fourth-order valence-corrected chi connectivity index (χ4v) is 2.61. The zero-order valence-corrected chi connectivity index (χ0v) is 10.2. The zero-order chi connectivity index (χ0) is 11.7. The maximum atomic E-state index is 3.28. The van der Waals surface area contributed by atoms with Crippen molar-refractivity contribution in [2.75, 3.05) is 19.6 Å². The molecule has 0 saturated heterocycles. The van der Waals surface area contributed by atoms with Gasteiger partial charge in [0.25, 0.3) is 0 Å². The molecular formula is C15H18N2. The third kappa shape index (κ3) is 1.89. The van der Waals surface area contributed by atoms with Gasteiger partial charge in [0, 0.05) is 30.2 Å². The molecule has 17 heavy (non-hydrogen) atoms. The predicted octanol–water partition coefficient (Wildman–Crippen LogP) is 3.28. The van der Waals surface area contributed by atoms with Crippen LogP contribution in [-0.4, -0.2) is 29.5 Å². The summed E-state index contributed by atoms with van der Waals surface area (Å²) < 4.78 is 0. The molecule has 2 heteroatoms. The molecule has 0 spiro atoms. The molecule has 0 saturated carbocycles. The second kappa shape index (κ2) is 4.38. The Bertz CT molecular complexity index is 551. The van der Waals surface area contributed by atoms with Gasteiger partial charge in [-0.2, -0.15) is 0 Å². The van der Waals surface area contributed by atoms with E-state index in [1.54, 1.807) is 0 Å². The van der Waals surface area contributed by atoms with E-state index in [4.69, 9.17) is 0 Å². The van der Waals surface area contributed by atoms with Gasteiger partial charge in [-0.05, 0) is 36.2 Å². The number of aromatic nitrogens is 1. The number of fused-ring (bicyclic) bond motifs is 1. The summed E-state index contributed by atoms with van der Waals surface area (Å²) in [7, 11) is 0. The van der Waals surface area contributed by atoms with Crippen molar-refractivity contribution in [1.82, 2.24) is 9.88 Å². The number of hydrogen-bond donors (Lipinski definition) is 1. The summed E-state index contributed by atoms with van der Waals surface area (Å²) in [4.78, 5) is 5.75. The van der Waals surface area contributed by atoms with Crippen LogP contribution in [0.5, 0.6) is 0 Å². The van der Waals surface area contributed by atoms with Crippen LogP contribution in [-0.2, 0) is 0 Å². The standard InChI is InChI=1S/C15H18N2/c1-2-17-10-7-12(8-11-17)13-4-3-5-15-14(13)6-9-16-15/h3-7,9,16H,2,8,10-11H2,1H3. The first-order chi connectivity index (χ1) is 8.38. The number of aromatic amines is 1. The van der Waals surface area contributed by atoms with Crippen LogP contribution in [0.1, 0.15) is 18.9 Å². The van der Waals surface area contributed by atoms with E-state index in [1.165, 1.54) is 28.6 Å². The number of nitrogens with one attached hydrogen (secondary N) is 1. The number of benzene rings is 1. The van der Waals surface area contributed by atoms with Crippen molar-refractivity contribution in [3.63, 3.8) is 0 Å². The van der Waals surface area contributed by atoms with Crippen molar-refractivity contribution in [3.05, 3.63) is 42.1 Å². The first kappa shape index (κ1) is 10.6. The molecule has 0 radical (unpaired) electrons. The normalized spacial score (nSPS) is 17.4. The van der Waals surface area contributed by atoms with Crippen LogP contribution in [0, 0.1) is 0 Å². The Morgan fingerprint density at radius 2 is 2.24 bits per heavy atom. The lowest BCUT2D eigenvalue weighted by atomic mass is 9.96. The smallest absolute Gasteiger partial charge is 0.0460 e. The summed E-state index contributed by atoms with van der Waals surface area (Å²) in [5, 5.41) is 1.35. The van der Waals surface area contributed by atoms with E-state index < -0.39 is 0 Å². The Kier molecular flexibility index (Phi) is 2.73. The number of H-pyrrole nitrogens is 1. The highest BCUT2D eigenvalue weighted by Gasteiger charge is 2.13. The molecule has 1 aliphatic rings. The molecule has 0 aliphatic carbocycles. The highest BCUT2D eigenvalue weighted by atomic mass is 15.1. The van der Waals surface area contributed by atoms with Crippen LogP contribution in [0.2, 0.25) is 0 Å². The summed E-state index contributed by atoms with van der Waals surface area (Å²) in [6.07, 6.45) is 5.57. The molecule has 2 heterocycles. The summed E-state index contributed by atoms with van der Waals surface area (Å²) in [6.45, 7) is 5.65. The number of hydrogen-bond acceptors (Lipinski definition) is 1. The van der Waals surface area contributed by atoms with Crippen LogP contribution in [0.25, 0.3) is 16.5 Å². The first-order valence-corrected chi connectivity index (χ1v) is 6.36. The first-order valence-electron chi connectivity index (χ1n) is 6.36. The molecule has 2 aromatic rings. The van der Waals surface area contributed by atoms with Crippen molar-refractivity contribution in [3.8, 4) is 0 Å². The molecule has 88 valence electrons. The van der Waals surface area contributed by atoms with E-state index in [0.29, 0.717) is 0 Å². The quantitative estimate of drug-likeness (QED) is 0.832. The Labute approximate surface area is 102 Å². The summed E-state index contributed by atoms with van der Waals surface area (Å²) in [5.74, 6) is 0. The average Bonchev–Trinajstić information content (AvgIpc) is 2.87. The lowest BCUT2D eigenvalue weighted by Crippen LogP contribution is -2.28. The molecule has 1 aromatic heterocycles. The van der Waals surface area contributed by atoms with Gasteiger partial charge in [0.05, 0.1) is 0 Å². The predicted molar refractivity (Wildman–Crippen MR) is 73.0 cm³/mol. The van der Waals surface area contributed by atoms with E-state index >= 15 is 0 Å². The Morgan fingerprint density at radius 3 is 3.00 bits per heavy atom. The van der Waals surface area contributed by atoms with Gasteiger partial charge >= 0.3 is 0 Å². The van der Waals surface area contributed by atoms with E-state index in [9.17, 15) is 0 Å². The highest BCUT2D eigenvalue weighted by Crippen LogP contribution is 2.28. The van der Waals surface area contributed by atoms with Crippen LogP contribution < -0.4 is 0 Å². The maximum absolute atomic E-state index is 3.28. The van der Waals surface area contributed by atoms with Crippen molar-refractivity contribution >= 4 is 16.5 Å². The third-order valence-corrected chi connectivity index (χ3v) is 3.68. The second-order valence-electron chi connectivity index (χ2n) is 4.62. The van der Waals surface area contributed by atoms with Gasteiger partial charge in [-0.1, -0.05) is 25.1 Å². The van der Waals surface area contributed by atoms with Crippen molar-refractivity contribution in [2.24, 2.45) is 0 Å². The Balaban J connectivity index is 1.99. The van der Waals surface area contributed by atoms with Crippen molar-refractivity contribution in [1.29, 1.82) is 0 Å². The Hall–Kier alpha value is -1.54. The largest absolute Gasteiger partial charge is 0.361 e. The molecule has 3 rings (SSSR count). The maximum Gasteiger partial charge on any atom is 0.0460 e. The van der Waals surface area contributed by atoms with Gasteiger partial charge in [-0.3, -0.25) is 4.90 Å². The Morgan fingerprint density at radius 1 is 1.29 bits per heavy atom. The molecule has 1 N–H and O–H groups in total. The minimum atomic E-state index is 1.09. The van der Waals surface area contributed by atoms with Crippen LogP contribution in [0.4, 0.5) is 0 Å². The third-order valence-electron chi connectivity index (χ3n) is 3.68. The lowest BCUT2D eigenvalue weighted by Gasteiger charge is -2.25. The molecule has 0 atom stereocenters. The minimum Gasteiger partial charge on any atom is -0.361 e. The molecular weight excluding hydrogens is 208 g/mol. The molecule has 2 nitrogen and oxygen atoms in total. The van der Waals surface area contributed by atoms with Crippen LogP contribution >= 0.6 is 0 Å². The number of rotatable bonds is 2. The van der Waals surface area contributed by atoms with Gasteiger partial charge in [0.1, 0.15) is 0 Å². The van der Waals surface area contributed by atoms with Crippen LogP contribution in [0.3, 0.4) is 0 Å². The number of likely N-dealkylation sites (N-methyl/N-ethyl adjacent to an activating group) is 1. The van der Waals surface area contributed by atoms with E-state index in [-0.39, 0.29) is 0 Å². The molecule has 0 fully saturated rings. The van der Waals surface area contributed by atoms with Gasteiger partial charge in [-0.15, -0.1) is 0 Å². The molecule has 1 aromatic carbocycles. The summed E-state index contributed by atoms with van der Waals surface area (Å²) >= 11 is 0. The molecule has 0 amide bonds. The molecule has 1 aliphatic heterocycles. The van der Waals surface area contributed by atoms with E-state index in [0.717, 1.165) is 19.5 Å². The summed E-state index contributed by atoms with van der Waals surface area (Å²) in [5.41, 5.74) is 4.14. The monoisotopic (exact) mass is 226 g/mol. The minimum absolute atomic E-state index is 1.09. The number of nitrogens with zero attached hydrogens (tertiary/aromatic N) is 1. The van der Waals surface area contributed by atoms with Gasteiger partial charge in [-0.25, -0.2) is 0 Å². The fourth-order valence-electron chi connectivity index (χ4n) is 2.61. The lowest BCUT2D eigenvalue weighted by molar-refractivity contribution is 0.319. The molecule has 0 bridgehead atoms. The van der Waals surface area contributed by atoms with E-state index in [2.05, 4.69) is 47.1 Å². The average molecular weight is 226 g/mol. The van der Waals surface area contributed by atoms with Gasteiger partial charge < -0.3 is 4.98 Å². The van der Waals surface area contributed by atoms with E-state index in [1.807, 2.05) is 6.20 Å². The van der Waals surface area contributed by atoms with Crippen molar-refractivity contribution < 1.29 is 0 Å². The summed E-state index contributed by atoms with van der Waals surface area (Å²) in [6, 6.07) is 8.70.